The second kappa shape index (κ2) is 9.98. The number of sulfonamides is 1. The lowest BCUT2D eigenvalue weighted by molar-refractivity contribution is 0.249. The molecule has 0 unspecified atom stereocenters. The molecule has 4 nitrogen and oxygen atoms in total. The minimum absolute atomic E-state index is 0. The Kier molecular flexibility index (Phi) is 8.21. The van der Waals surface area contributed by atoms with Gasteiger partial charge >= 0.3 is 0 Å². The van der Waals surface area contributed by atoms with Gasteiger partial charge in [-0.15, -0.1) is 12.4 Å². The normalized spacial score (nSPS) is 14.4. The predicted molar refractivity (Wildman–Crippen MR) is 108 cm³/mol. The molecule has 28 heavy (non-hydrogen) atoms. The van der Waals surface area contributed by atoms with Gasteiger partial charge in [-0.2, -0.15) is 0 Å². The summed E-state index contributed by atoms with van der Waals surface area (Å²) in [6, 6.07) is 9.65. The number of nitrogens with zero attached hydrogens (tertiary/aromatic N) is 1. The van der Waals surface area contributed by atoms with Crippen molar-refractivity contribution in [1.29, 1.82) is 0 Å². The fourth-order valence-electron chi connectivity index (χ4n) is 3.20. The van der Waals surface area contributed by atoms with Crippen LogP contribution in [-0.4, -0.2) is 33.0 Å². The lowest BCUT2D eigenvalue weighted by atomic mass is 10.00. The average Bonchev–Trinajstić information content (AvgIpc) is 2.64. The molecule has 0 bridgehead atoms. The van der Waals surface area contributed by atoms with Crippen LogP contribution < -0.4 is 4.72 Å². The second-order valence-electron chi connectivity index (χ2n) is 6.60. The van der Waals surface area contributed by atoms with Crippen LogP contribution in [0.15, 0.2) is 41.3 Å². The van der Waals surface area contributed by atoms with Gasteiger partial charge in [-0.3, -0.25) is 4.90 Å². The molecule has 0 saturated heterocycles. The van der Waals surface area contributed by atoms with Gasteiger partial charge in [0.05, 0.1) is 5.02 Å². The first-order valence-corrected chi connectivity index (χ1v) is 10.7. The van der Waals surface area contributed by atoms with Crippen molar-refractivity contribution in [2.24, 2.45) is 0 Å². The number of unbranched alkanes of at least 4 members (excludes halogenated alkanes) is 1. The smallest absolute Gasteiger partial charge is 0.243 e. The lowest BCUT2D eigenvalue weighted by Gasteiger charge is -2.28. The fraction of sp³-hybridized carbons (Fsp3) is 0.368. The van der Waals surface area contributed by atoms with E-state index in [0.29, 0.717) is 12.5 Å². The van der Waals surface area contributed by atoms with Crippen molar-refractivity contribution in [3.05, 3.63) is 64.2 Å². The predicted octanol–water partition coefficient (Wildman–Crippen LogP) is 4.16. The molecule has 3 rings (SSSR count). The minimum atomic E-state index is -4.07. The van der Waals surface area contributed by atoms with Gasteiger partial charge in [0.25, 0.3) is 0 Å². The Morgan fingerprint density at radius 1 is 1.07 bits per heavy atom. The Morgan fingerprint density at radius 3 is 2.54 bits per heavy atom. The van der Waals surface area contributed by atoms with E-state index in [1.165, 1.54) is 11.1 Å². The topological polar surface area (TPSA) is 49.4 Å². The average molecular weight is 451 g/mol. The molecule has 0 aromatic heterocycles. The Labute approximate surface area is 175 Å². The minimum Gasteiger partial charge on any atom is -0.299 e. The monoisotopic (exact) mass is 450 g/mol. The molecule has 0 spiro atoms. The Balaban J connectivity index is 0.00000280. The van der Waals surface area contributed by atoms with Crippen molar-refractivity contribution in [3.63, 3.8) is 0 Å². The van der Waals surface area contributed by atoms with Crippen molar-refractivity contribution in [3.8, 4) is 0 Å². The third-order valence-corrected chi connectivity index (χ3v) is 6.43. The van der Waals surface area contributed by atoms with Crippen molar-refractivity contribution in [2.75, 3.05) is 19.6 Å². The summed E-state index contributed by atoms with van der Waals surface area (Å²) in [5, 5.41) is -0.429. The third-order valence-electron chi connectivity index (χ3n) is 4.67. The van der Waals surface area contributed by atoms with Gasteiger partial charge in [-0.05, 0) is 43.0 Å². The van der Waals surface area contributed by atoms with Crippen molar-refractivity contribution < 1.29 is 17.2 Å². The van der Waals surface area contributed by atoms with Gasteiger partial charge in [0.1, 0.15) is 16.5 Å². The third kappa shape index (κ3) is 5.64. The fourth-order valence-corrected chi connectivity index (χ4v) is 4.59. The van der Waals surface area contributed by atoms with Crippen LogP contribution in [0.1, 0.15) is 24.0 Å². The van der Waals surface area contributed by atoms with Crippen LogP contribution in [0.5, 0.6) is 0 Å². The zero-order valence-corrected chi connectivity index (χ0v) is 17.5. The van der Waals surface area contributed by atoms with Gasteiger partial charge in [-0.25, -0.2) is 21.9 Å². The molecule has 0 aliphatic carbocycles. The molecule has 2 aromatic rings. The van der Waals surface area contributed by atoms with E-state index in [1.54, 1.807) is 0 Å². The van der Waals surface area contributed by atoms with Gasteiger partial charge in [0, 0.05) is 25.7 Å². The van der Waals surface area contributed by atoms with Gasteiger partial charge in [0.2, 0.25) is 10.0 Å². The summed E-state index contributed by atoms with van der Waals surface area (Å²) in [5.41, 5.74) is 2.73. The maximum absolute atomic E-state index is 13.7. The molecule has 0 atom stereocenters. The quantitative estimate of drug-likeness (QED) is 0.508. The number of benzene rings is 2. The van der Waals surface area contributed by atoms with E-state index in [2.05, 4.69) is 27.8 Å². The van der Waals surface area contributed by atoms with Crippen LogP contribution in [0, 0.1) is 11.6 Å². The SMILES string of the molecule is Cl.O=S(=O)(NCCCCN1CCc2ccccc2C1)c1cc(Cl)c(F)cc1F. The Hall–Kier alpha value is -1.25. The van der Waals surface area contributed by atoms with E-state index in [-0.39, 0.29) is 19.0 Å². The highest BCUT2D eigenvalue weighted by Gasteiger charge is 2.21. The van der Waals surface area contributed by atoms with Crippen LogP contribution in [0.2, 0.25) is 5.02 Å². The second-order valence-corrected chi connectivity index (χ2v) is 8.74. The van der Waals surface area contributed by atoms with E-state index in [1.807, 2.05) is 6.07 Å². The standard InChI is InChI=1S/C19H21ClF2N2O2S.ClH/c20-16-11-19(18(22)12-17(16)21)27(25,26)23-8-3-4-9-24-10-7-14-5-1-2-6-15(14)13-24;/h1-2,5-6,11-12,23H,3-4,7-10,13H2;1H. The summed E-state index contributed by atoms with van der Waals surface area (Å²) in [6.45, 7) is 2.94. The number of rotatable bonds is 7. The first-order valence-electron chi connectivity index (χ1n) is 8.80. The molecular weight excluding hydrogens is 429 g/mol. The molecule has 154 valence electrons. The molecule has 0 amide bonds. The largest absolute Gasteiger partial charge is 0.299 e. The van der Waals surface area contributed by atoms with Crippen molar-refractivity contribution in [1.82, 2.24) is 9.62 Å². The molecule has 1 aliphatic rings. The van der Waals surface area contributed by atoms with Crippen LogP contribution in [0.25, 0.3) is 0 Å². The van der Waals surface area contributed by atoms with Crippen molar-refractivity contribution in [2.45, 2.75) is 30.7 Å². The Bertz CT molecular complexity index is 926. The van der Waals surface area contributed by atoms with Crippen LogP contribution in [-0.2, 0) is 23.0 Å². The maximum Gasteiger partial charge on any atom is 0.243 e. The first-order chi connectivity index (χ1) is 12.9. The molecular formula is C19H22Cl2F2N2O2S. The molecule has 1 heterocycles. The summed E-state index contributed by atoms with van der Waals surface area (Å²) in [4.78, 5) is 1.71. The number of fused-ring (bicyclic) bond motifs is 1. The first kappa shape index (κ1) is 23.0. The van der Waals surface area contributed by atoms with E-state index in [9.17, 15) is 17.2 Å². The zero-order chi connectivity index (χ0) is 19.4. The Morgan fingerprint density at radius 2 is 1.79 bits per heavy atom. The summed E-state index contributed by atoms with van der Waals surface area (Å²) in [5.74, 6) is -2.15. The lowest BCUT2D eigenvalue weighted by Crippen LogP contribution is -2.32. The number of hydrogen-bond acceptors (Lipinski definition) is 3. The molecule has 9 heteroatoms. The molecule has 0 saturated carbocycles. The number of halogens is 4. The van der Waals surface area contributed by atoms with Crippen LogP contribution in [0.4, 0.5) is 8.78 Å². The molecule has 1 aliphatic heterocycles. The van der Waals surface area contributed by atoms with Gasteiger partial charge < -0.3 is 0 Å². The zero-order valence-electron chi connectivity index (χ0n) is 15.1. The van der Waals surface area contributed by atoms with E-state index >= 15 is 0 Å². The van der Waals surface area contributed by atoms with E-state index < -0.39 is 31.6 Å². The molecule has 0 fully saturated rings. The molecule has 1 N–H and O–H groups in total. The summed E-state index contributed by atoms with van der Waals surface area (Å²) < 4.78 is 53.6. The summed E-state index contributed by atoms with van der Waals surface area (Å²) in [7, 11) is -4.07. The van der Waals surface area contributed by atoms with Gasteiger partial charge in [0.15, 0.2) is 0 Å². The van der Waals surface area contributed by atoms with Crippen LogP contribution in [0.3, 0.4) is 0 Å². The number of nitrogens with one attached hydrogen (secondary N) is 1. The summed E-state index contributed by atoms with van der Waals surface area (Å²) in [6.07, 6.45) is 2.46. The maximum atomic E-state index is 13.7. The number of hydrogen-bond donors (Lipinski definition) is 1. The highest BCUT2D eigenvalue weighted by molar-refractivity contribution is 7.89. The highest BCUT2D eigenvalue weighted by Crippen LogP contribution is 2.23. The van der Waals surface area contributed by atoms with Gasteiger partial charge in [-0.1, -0.05) is 35.9 Å². The van der Waals surface area contributed by atoms with E-state index in [4.69, 9.17) is 11.6 Å². The highest BCUT2D eigenvalue weighted by atomic mass is 35.5. The summed E-state index contributed by atoms with van der Waals surface area (Å²) >= 11 is 5.56. The van der Waals surface area contributed by atoms with Crippen LogP contribution >= 0.6 is 24.0 Å². The molecule has 2 aromatic carbocycles. The van der Waals surface area contributed by atoms with Crippen molar-refractivity contribution >= 4 is 34.0 Å². The van der Waals surface area contributed by atoms with E-state index in [0.717, 1.165) is 38.5 Å². The molecule has 0 radical (unpaired) electrons.